The van der Waals surface area contributed by atoms with Crippen molar-refractivity contribution in [2.24, 2.45) is 0 Å². The summed E-state index contributed by atoms with van der Waals surface area (Å²) in [4.78, 5) is 0. The second-order valence-corrected chi connectivity index (χ2v) is 2.49. The van der Waals surface area contributed by atoms with E-state index in [1.165, 1.54) is 0 Å². The Bertz CT molecular complexity index is 99.7. The third-order valence-electron chi connectivity index (χ3n) is 1.52. The largest absolute Gasteiger partial charge is 0.393 e. The zero-order chi connectivity index (χ0) is 8.53. The third kappa shape index (κ3) is 7.56. The van der Waals surface area contributed by atoms with Crippen LogP contribution in [0.4, 0.5) is 0 Å². The Morgan fingerprint density at radius 2 is 2.27 bits per heavy atom. The monoisotopic (exact) mass is 158 g/mol. The average Bonchev–Trinajstić information content (AvgIpc) is 2.04. The molecule has 0 aromatic heterocycles. The Labute approximate surface area is 68.9 Å². The predicted molar refractivity (Wildman–Crippen MR) is 46.5 cm³/mol. The molecule has 0 aliphatic carbocycles. The summed E-state index contributed by atoms with van der Waals surface area (Å²) in [6, 6.07) is 0. The van der Waals surface area contributed by atoms with Gasteiger partial charge in [0, 0.05) is 6.61 Å². The minimum atomic E-state index is -0.194. The van der Waals surface area contributed by atoms with Crippen molar-refractivity contribution in [3.63, 3.8) is 0 Å². The lowest BCUT2D eigenvalue weighted by molar-refractivity contribution is 0.0934. The molecule has 1 atom stereocenters. The molecule has 0 aromatic carbocycles. The van der Waals surface area contributed by atoms with Crippen LogP contribution < -0.4 is 0 Å². The Morgan fingerprint density at radius 1 is 1.55 bits per heavy atom. The van der Waals surface area contributed by atoms with Gasteiger partial charge in [0.2, 0.25) is 0 Å². The smallest absolute Gasteiger partial charge is 0.0647 e. The van der Waals surface area contributed by atoms with E-state index in [0.29, 0.717) is 13.2 Å². The van der Waals surface area contributed by atoms with Crippen molar-refractivity contribution in [3.05, 3.63) is 12.2 Å². The molecule has 2 nitrogen and oxygen atoms in total. The summed E-state index contributed by atoms with van der Waals surface area (Å²) < 4.78 is 5.20. The zero-order valence-electron chi connectivity index (χ0n) is 7.42. The number of rotatable bonds is 6. The van der Waals surface area contributed by atoms with Crippen LogP contribution in [0, 0.1) is 0 Å². The average molecular weight is 158 g/mol. The number of aliphatic hydroxyl groups is 1. The van der Waals surface area contributed by atoms with Gasteiger partial charge in [-0.15, -0.1) is 0 Å². The lowest BCUT2D eigenvalue weighted by Crippen LogP contribution is -2.08. The van der Waals surface area contributed by atoms with Crippen molar-refractivity contribution in [3.8, 4) is 0 Å². The molecule has 0 aliphatic rings. The van der Waals surface area contributed by atoms with Gasteiger partial charge in [0.1, 0.15) is 0 Å². The molecule has 0 aliphatic heterocycles. The van der Waals surface area contributed by atoms with Gasteiger partial charge in [0.15, 0.2) is 0 Å². The minimum Gasteiger partial charge on any atom is -0.393 e. The lowest BCUT2D eigenvalue weighted by Gasteiger charge is -2.06. The Kier molecular flexibility index (Phi) is 7.52. The Balaban J connectivity index is 3.01. The summed E-state index contributed by atoms with van der Waals surface area (Å²) >= 11 is 0. The van der Waals surface area contributed by atoms with Crippen LogP contribution in [0.25, 0.3) is 0 Å². The molecule has 0 saturated heterocycles. The molecule has 1 N–H and O–H groups in total. The first-order valence-corrected chi connectivity index (χ1v) is 4.18. The normalized spacial score (nSPS) is 14.1. The predicted octanol–water partition coefficient (Wildman–Crippen LogP) is 1.74. The van der Waals surface area contributed by atoms with Crippen LogP contribution in [0.2, 0.25) is 0 Å². The fraction of sp³-hybridized carbons (Fsp3) is 0.778. The van der Waals surface area contributed by atoms with Gasteiger partial charge < -0.3 is 9.84 Å². The minimum absolute atomic E-state index is 0.194. The molecule has 0 bridgehead atoms. The highest BCUT2D eigenvalue weighted by Gasteiger charge is 1.98. The van der Waals surface area contributed by atoms with E-state index >= 15 is 0 Å². The van der Waals surface area contributed by atoms with Crippen molar-refractivity contribution in [1.82, 2.24) is 0 Å². The van der Waals surface area contributed by atoms with E-state index in [0.717, 1.165) is 12.8 Å². The summed E-state index contributed by atoms with van der Waals surface area (Å²) in [5.74, 6) is 0. The molecule has 66 valence electrons. The van der Waals surface area contributed by atoms with Crippen LogP contribution in [0.5, 0.6) is 0 Å². The maximum Gasteiger partial charge on any atom is 0.0647 e. The highest BCUT2D eigenvalue weighted by molar-refractivity contribution is 4.75. The standard InChI is InChI=1S/C9H18O2/c1-3-5-7-11-8-6-9(10)4-2/h3,5,9-10H,4,6-8H2,1-2H3. The van der Waals surface area contributed by atoms with Crippen LogP contribution in [0.1, 0.15) is 26.7 Å². The van der Waals surface area contributed by atoms with E-state index < -0.39 is 0 Å². The molecule has 0 spiro atoms. The summed E-state index contributed by atoms with van der Waals surface area (Å²) in [5.41, 5.74) is 0. The van der Waals surface area contributed by atoms with Gasteiger partial charge in [-0.25, -0.2) is 0 Å². The number of hydrogen-bond donors (Lipinski definition) is 1. The van der Waals surface area contributed by atoms with Gasteiger partial charge in [-0.1, -0.05) is 19.1 Å². The van der Waals surface area contributed by atoms with Crippen LogP contribution in [-0.4, -0.2) is 24.4 Å². The van der Waals surface area contributed by atoms with Crippen molar-refractivity contribution < 1.29 is 9.84 Å². The maximum atomic E-state index is 9.12. The molecule has 2 heteroatoms. The van der Waals surface area contributed by atoms with E-state index in [-0.39, 0.29) is 6.10 Å². The highest BCUT2D eigenvalue weighted by Crippen LogP contribution is 1.96. The molecule has 0 heterocycles. The highest BCUT2D eigenvalue weighted by atomic mass is 16.5. The van der Waals surface area contributed by atoms with Crippen molar-refractivity contribution in [1.29, 1.82) is 0 Å². The number of aliphatic hydroxyl groups excluding tert-OH is 1. The second-order valence-electron chi connectivity index (χ2n) is 2.49. The third-order valence-corrected chi connectivity index (χ3v) is 1.52. The van der Waals surface area contributed by atoms with Gasteiger partial charge in [-0.2, -0.15) is 0 Å². The molecular formula is C9H18O2. The fourth-order valence-corrected chi connectivity index (χ4v) is 0.671. The van der Waals surface area contributed by atoms with Crippen molar-refractivity contribution in [2.75, 3.05) is 13.2 Å². The quantitative estimate of drug-likeness (QED) is 0.471. The number of allylic oxidation sites excluding steroid dienone is 1. The van der Waals surface area contributed by atoms with Crippen LogP contribution >= 0.6 is 0 Å². The van der Waals surface area contributed by atoms with Crippen LogP contribution in [-0.2, 0) is 4.74 Å². The number of hydrogen-bond acceptors (Lipinski definition) is 2. The maximum absolute atomic E-state index is 9.12. The van der Waals surface area contributed by atoms with Gasteiger partial charge in [-0.05, 0) is 19.8 Å². The fourth-order valence-electron chi connectivity index (χ4n) is 0.671. The first kappa shape index (κ1) is 10.7. The first-order chi connectivity index (χ1) is 5.31. The lowest BCUT2D eigenvalue weighted by atomic mass is 10.2. The van der Waals surface area contributed by atoms with Gasteiger partial charge >= 0.3 is 0 Å². The molecule has 11 heavy (non-hydrogen) atoms. The van der Waals surface area contributed by atoms with Crippen LogP contribution in [0.15, 0.2) is 12.2 Å². The molecule has 0 fully saturated rings. The van der Waals surface area contributed by atoms with Gasteiger partial charge in [0.25, 0.3) is 0 Å². The molecule has 0 rings (SSSR count). The van der Waals surface area contributed by atoms with Gasteiger partial charge in [0.05, 0.1) is 12.7 Å². The Morgan fingerprint density at radius 3 is 2.82 bits per heavy atom. The Hall–Kier alpha value is -0.340. The first-order valence-electron chi connectivity index (χ1n) is 4.18. The zero-order valence-corrected chi connectivity index (χ0v) is 7.42. The molecule has 0 aromatic rings. The molecule has 0 radical (unpaired) electrons. The van der Waals surface area contributed by atoms with E-state index in [9.17, 15) is 0 Å². The molecule has 1 unspecified atom stereocenters. The van der Waals surface area contributed by atoms with Crippen LogP contribution in [0.3, 0.4) is 0 Å². The van der Waals surface area contributed by atoms with E-state index in [2.05, 4.69) is 0 Å². The summed E-state index contributed by atoms with van der Waals surface area (Å²) in [6.07, 6.45) is 5.27. The summed E-state index contributed by atoms with van der Waals surface area (Å²) in [7, 11) is 0. The molecule has 0 amide bonds. The number of ether oxygens (including phenoxy) is 1. The summed E-state index contributed by atoms with van der Waals surface area (Å²) in [6.45, 7) is 5.24. The van der Waals surface area contributed by atoms with Crippen molar-refractivity contribution in [2.45, 2.75) is 32.8 Å². The molecule has 0 saturated carbocycles. The summed E-state index contributed by atoms with van der Waals surface area (Å²) in [5, 5.41) is 9.12. The molecular weight excluding hydrogens is 140 g/mol. The van der Waals surface area contributed by atoms with E-state index in [4.69, 9.17) is 9.84 Å². The second kappa shape index (κ2) is 7.76. The van der Waals surface area contributed by atoms with Gasteiger partial charge in [-0.3, -0.25) is 0 Å². The van der Waals surface area contributed by atoms with E-state index in [1.807, 2.05) is 26.0 Å². The SMILES string of the molecule is CC=CCOCCC(O)CC. The van der Waals surface area contributed by atoms with E-state index in [1.54, 1.807) is 0 Å². The van der Waals surface area contributed by atoms with Crippen molar-refractivity contribution >= 4 is 0 Å². The topological polar surface area (TPSA) is 29.5 Å².